The Balaban J connectivity index is 1.81. The molecule has 0 radical (unpaired) electrons. The molecule has 1 heterocycles. The van der Waals surface area contributed by atoms with Crippen LogP contribution in [0.4, 0.5) is 4.39 Å². The number of hydrogen-bond acceptors (Lipinski definition) is 3. The van der Waals surface area contributed by atoms with E-state index < -0.39 is 0 Å². The highest BCUT2D eigenvalue weighted by molar-refractivity contribution is 5.79. The smallest absolute Gasteiger partial charge is 0.193 e. The van der Waals surface area contributed by atoms with Crippen molar-refractivity contribution in [3.63, 3.8) is 0 Å². The van der Waals surface area contributed by atoms with E-state index >= 15 is 0 Å². The van der Waals surface area contributed by atoms with Gasteiger partial charge in [-0.15, -0.1) is 0 Å². The molecule has 0 bridgehead atoms. The number of nitrogens with zero attached hydrogens (tertiary/aromatic N) is 4. The number of guanidine groups is 1. The number of piperazine rings is 1. The summed E-state index contributed by atoms with van der Waals surface area (Å²) in [5, 5.41) is 3.45. The van der Waals surface area contributed by atoms with E-state index in [-0.39, 0.29) is 5.82 Å². The number of hydrogen-bond donors (Lipinski definition) is 1. The highest BCUT2D eigenvalue weighted by Crippen LogP contribution is 2.08. The molecule has 2 rings (SSSR count). The highest BCUT2D eigenvalue weighted by Gasteiger charge is 2.20. The van der Waals surface area contributed by atoms with E-state index in [0.29, 0.717) is 12.6 Å². The quantitative estimate of drug-likeness (QED) is 0.628. The van der Waals surface area contributed by atoms with E-state index in [0.717, 1.165) is 50.8 Å². The molecule has 1 fully saturated rings. The number of benzene rings is 1. The summed E-state index contributed by atoms with van der Waals surface area (Å²) < 4.78 is 13.3. The fraction of sp³-hybridized carbons (Fsp3) is 0.632. The minimum Gasteiger partial charge on any atom is -0.355 e. The van der Waals surface area contributed by atoms with Crippen molar-refractivity contribution in [2.24, 2.45) is 4.99 Å². The molecular weight excluding hydrogens is 317 g/mol. The lowest BCUT2D eigenvalue weighted by atomic mass is 10.2. The molecule has 0 aromatic heterocycles. The van der Waals surface area contributed by atoms with Gasteiger partial charge < -0.3 is 15.1 Å². The maximum atomic E-state index is 13.3. The van der Waals surface area contributed by atoms with Gasteiger partial charge in [0.15, 0.2) is 5.96 Å². The Morgan fingerprint density at radius 1 is 1.32 bits per heavy atom. The summed E-state index contributed by atoms with van der Waals surface area (Å²) in [4.78, 5) is 11.4. The molecule has 6 heteroatoms. The zero-order valence-electron chi connectivity index (χ0n) is 16.0. The van der Waals surface area contributed by atoms with E-state index in [9.17, 15) is 4.39 Å². The first-order valence-corrected chi connectivity index (χ1v) is 9.16. The first-order chi connectivity index (χ1) is 12.0. The summed E-state index contributed by atoms with van der Waals surface area (Å²) in [7, 11) is 3.76. The molecule has 1 saturated heterocycles. The maximum Gasteiger partial charge on any atom is 0.193 e. The van der Waals surface area contributed by atoms with Crippen LogP contribution in [0.5, 0.6) is 0 Å². The molecule has 1 unspecified atom stereocenters. The highest BCUT2D eigenvalue weighted by atomic mass is 19.1. The third kappa shape index (κ3) is 5.97. The standard InChI is InChI=1S/C19H32FN5/c1-5-24-9-11-25(12-10-24)16(2)14-22-19(21-3)23(4)15-17-7-6-8-18(20)13-17/h6-8,13,16H,5,9-12,14-15H2,1-4H3,(H,21,22). The molecule has 1 N–H and O–H groups in total. The largest absolute Gasteiger partial charge is 0.355 e. The van der Waals surface area contributed by atoms with Gasteiger partial charge in [-0.2, -0.15) is 0 Å². The molecule has 1 atom stereocenters. The Labute approximate surface area is 151 Å². The SMILES string of the molecule is CCN1CCN(C(C)CNC(=NC)N(C)Cc2cccc(F)c2)CC1. The van der Waals surface area contributed by atoms with Crippen LogP contribution in [0.1, 0.15) is 19.4 Å². The van der Waals surface area contributed by atoms with Crippen molar-refractivity contribution in [1.82, 2.24) is 20.0 Å². The van der Waals surface area contributed by atoms with Gasteiger partial charge in [-0.3, -0.25) is 9.89 Å². The second-order valence-electron chi connectivity index (χ2n) is 6.73. The lowest BCUT2D eigenvalue weighted by Gasteiger charge is -2.38. The molecule has 25 heavy (non-hydrogen) atoms. The summed E-state index contributed by atoms with van der Waals surface area (Å²) in [6, 6.07) is 7.17. The van der Waals surface area contributed by atoms with Gasteiger partial charge in [-0.25, -0.2) is 4.39 Å². The average molecular weight is 349 g/mol. The second kappa shape index (κ2) is 9.73. The van der Waals surface area contributed by atoms with Crippen molar-refractivity contribution in [2.45, 2.75) is 26.4 Å². The predicted octanol–water partition coefficient (Wildman–Crippen LogP) is 1.86. The number of aliphatic imine (C=N–C) groups is 1. The van der Waals surface area contributed by atoms with Crippen LogP contribution < -0.4 is 5.32 Å². The third-order valence-electron chi connectivity index (χ3n) is 4.92. The Kier molecular flexibility index (Phi) is 7.65. The maximum absolute atomic E-state index is 13.3. The van der Waals surface area contributed by atoms with Crippen molar-refractivity contribution >= 4 is 5.96 Å². The summed E-state index contributed by atoms with van der Waals surface area (Å²) >= 11 is 0. The average Bonchev–Trinajstić information content (AvgIpc) is 2.62. The summed E-state index contributed by atoms with van der Waals surface area (Å²) in [6.45, 7) is 11.6. The Morgan fingerprint density at radius 3 is 2.64 bits per heavy atom. The lowest BCUT2D eigenvalue weighted by molar-refractivity contribution is 0.107. The molecule has 140 valence electrons. The molecule has 1 aliphatic heterocycles. The topological polar surface area (TPSA) is 34.1 Å². The van der Waals surface area contributed by atoms with Crippen LogP contribution in [0, 0.1) is 5.82 Å². The van der Waals surface area contributed by atoms with Gasteiger partial charge in [0, 0.05) is 59.4 Å². The number of nitrogens with one attached hydrogen (secondary N) is 1. The molecule has 0 aliphatic carbocycles. The first-order valence-electron chi connectivity index (χ1n) is 9.16. The summed E-state index contributed by atoms with van der Waals surface area (Å²) in [5.41, 5.74) is 0.939. The van der Waals surface area contributed by atoms with Crippen molar-refractivity contribution in [3.05, 3.63) is 35.6 Å². The fourth-order valence-corrected chi connectivity index (χ4v) is 3.26. The monoisotopic (exact) mass is 349 g/mol. The van der Waals surface area contributed by atoms with Crippen LogP contribution >= 0.6 is 0 Å². The predicted molar refractivity (Wildman–Crippen MR) is 102 cm³/mol. The van der Waals surface area contributed by atoms with Crippen LogP contribution in [0.2, 0.25) is 0 Å². The van der Waals surface area contributed by atoms with E-state index in [1.54, 1.807) is 19.2 Å². The van der Waals surface area contributed by atoms with Gasteiger partial charge in [0.25, 0.3) is 0 Å². The molecule has 0 saturated carbocycles. The van der Waals surface area contributed by atoms with Crippen LogP contribution in [0.15, 0.2) is 29.3 Å². The van der Waals surface area contributed by atoms with E-state index in [4.69, 9.17) is 0 Å². The minimum absolute atomic E-state index is 0.200. The van der Waals surface area contributed by atoms with Gasteiger partial charge in [0.2, 0.25) is 0 Å². The van der Waals surface area contributed by atoms with Gasteiger partial charge >= 0.3 is 0 Å². The van der Waals surface area contributed by atoms with Crippen LogP contribution in [0.3, 0.4) is 0 Å². The van der Waals surface area contributed by atoms with E-state index in [1.807, 2.05) is 18.0 Å². The zero-order chi connectivity index (χ0) is 18.2. The molecule has 0 spiro atoms. The normalized spacial score (nSPS) is 18.2. The van der Waals surface area contributed by atoms with Crippen molar-refractivity contribution in [2.75, 3.05) is 53.4 Å². The van der Waals surface area contributed by atoms with Crippen LogP contribution in [0.25, 0.3) is 0 Å². The molecule has 5 nitrogen and oxygen atoms in total. The summed E-state index contributed by atoms with van der Waals surface area (Å²) in [5.74, 6) is 0.636. The minimum atomic E-state index is -0.200. The number of halogens is 1. The fourth-order valence-electron chi connectivity index (χ4n) is 3.26. The Bertz CT molecular complexity index is 555. The lowest BCUT2D eigenvalue weighted by Crippen LogP contribution is -2.53. The zero-order valence-corrected chi connectivity index (χ0v) is 16.0. The summed E-state index contributed by atoms with van der Waals surface area (Å²) in [6.07, 6.45) is 0. The molecule has 0 amide bonds. The van der Waals surface area contributed by atoms with Gasteiger partial charge in [0.05, 0.1) is 0 Å². The molecular formula is C19H32FN5. The first kappa shape index (κ1) is 19.7. The number of rotatable bonds is 6. The molecule has 1 aromatic carbocycles. The van der Waals surface area contributed by atoms with E-state index in [2.05, 4.69) is 34.0 Å². The number of likely N-dealkylation sites (N-methyl/N-ethyl adjacent to an activating group) is 1. The van der Waals surface area contributed by atoms with Gasteiger partial charge in [-0.1, -0.05) is 19.1 Å². The van der Waals surface area contributed by atoms with Crippen LogP contribution in [-0.2, 0) is 6.54 Å². The molecule has 1 aliphatic rings. The molecule has 1 aromatic rings. The van der Waals surface area contributed by atoms with Crippen molar-refractivity contribution in [1.29, 1.82) is 0 Å². The third-order valence-corrected chi connectivity index (χ3v) is 4.92. The van der Waals surface area contributed by atoms with Gasteiger partial charge in [-0.05, 0) is 31.2 Å². The Hall–Kier alpha value is -1.66. The van der Waals surface area contributed by atoms with Gasteiger partial charge in [0.1, 0.15) is 5.82 Å². The van der Waals surface area contributed by atoms with Crippen molar-refractivity contribution < 1.29 is 4.39 Å². The van der Waals surface area contributed by atoms with E-state index in [1.165, 1.54) is 6.07 Å². The van der Waals surface area contributed by atoms with Crippen LogP contribution in [-0.4, -0.2) is 80.1 Å². The Morgan fingerprint density at radius 2 is 2.04 bits per heavy atom. The van der Waals surface area contributed by atoms with Crippen molar-refractivity contribution in [3.8, 4) is 0 Å². The second-order valence-corrected chi connectivity index (χ2v) is 6.73.